The van der Waals surface area contributed by atoms with Crippen molar-refractivity contribution in [3.05, 3.63) is 59.1 Å². The van der Waals surface area contributed by atoms with Crippen molar-refractivity contribution in [2.24, 2.45) is 0 Å². The predicted octanol–water partition coefficient (Wildman–Crippen LogP) is 5.63. The Morgan fingerprint density at radius 2 is 1.95 bits per heavy atom. The number of aromatic nitrogens is 2. The molecule has 41 heavy (non-hydrogen) atoms. The van der Waals surface area contributed by atoms with Gasteiger partial charge in [-0.05, 0) is 57.4 Å². The zero-order chi connectivity index (χ0) is 29.9. The molecule has 1 aromatic carbocycles. The lowest BCUT2D eigenvalue weighted by Gasteiger charge is -2.37. The fraction of sp³-hybridized carbons (Fsp3) is 0.357. The summed E-state index contributed by atoms with van der Waals surface area (Å²) in [5.41, 5.74) is 2.52. The van der Waals surface area contributed by atoms with Crippen LogP contribution in [0.15, 0.2) is 48.5 Å². The van der Waals surface area contributed by atoms with E-state index in [9.17, 15) is 13.6 Å². The van der Waals surface area contributed by atoms with E-state index in [1.807, 2.05) is 37.4 Å². The monoisotopic (exact) mass is 586 g/mol. The van der Waals surface area contributed by atoms with Crippen LogP contribution in [-0.2, 0) is 4.79 Å². The molecule has 13 heteroatoms. The van der Waals surface area contributed by atoms with E-state index in [1.54, 1.807) is 19.2 Å². The van der Waals surface area contributed by atoms with Crippen molar-refractivity contribution < 1.29 is 18.3 Å². The Labute approximate surface area is 243 Å². The maximum Gasteiger partial charge on any atom is 0.387 e. The van der Waals surface area contributed by atoms with E-state index in [0.717, 1.165) is 18.5 Å². The zero-order valence-corrected chi connectivity index (χ0v) is 24.4. The molecule has 0 aliphatic carbocycles. The molecule has 1 saturated heterocycles. The van der Waals surface area contributed by atoms with Crippen LogP contribution < -0.4 is 25.6 Å². The third kappa shape index (κ3) is 8.21. The van der Waals surface area contributed by atoms with Crippen LogP contribution in [0.5, 0.6) is 5.75 Å². The highest BCUT2D eigenvalue weighted by molar-refractivity contribution is 7.13. The molecule has 0 unspecified atom stereocenters. The summed E-state index contributed by atoms with van der Waals surface area (Å²) < 4.78 is 31.6. The molecule has 1 aliphatic rings. The van der Waals surface area contributed by atoms with Gasteiger partial charge in [-0.3, -0.25) is 10.2 Å². The minimum atomic E-state index is -3.06. The van der Waals surface area contributed by atoms with Gasteiger partial charge in [0.25, 0.3) is 0 Å². The van der Waals surface area contributed by atoms with Gasteiger partial charge < -0.3 is 30.5 Å². The molecule has 2 aromatic heterocycles. The summed E-state index contributed by atoms with van der Waals surface area (Å²) in [6.07, 6.45) is 5.56. The number of allylic oxidation sites excluding steroid dienone is 1. The lowest BCUT2D eigenvalue weighted by atomic mass is 10.0. The van der Waals surface area contributed by atoms with E-state index in [1.165, 1.54) is 29.7 Å². The third-order valence-electron chi connectivity index (χ3n) is 6.38. The first-order valence-electron chi connectivity index (χ1n) is 13.0. The smallest absolute Gasteiger partial charge is 0.387 e. The first-order chi connectivity index (χ1) is 19.7. The first kappa shape index (κ1) is 31.4. The minimum absolute atomic E-state index is 0.0885. The number of alkyl halides is 2. The number of ether oxygens (including phenoxy) is 1. The highest BCUT2D eigenvalue weighted by Crippen LogP contribution is 2.40. The number of hydrogen-bond donors (Lipinski definition) is 4. The van der Waals surface area contributed by atoms with Crippen LogP contribution in [0.25, 0.3) is 0 Å². The van der Waals surface area contributed by atoms with E-state index in [-0.39, 0.29) is 23.1 Å². The maximum atomic E-state index is 13.4. The van der Waals surface area contributed by atoms with Crippen molar-refractivity contribution in [3.63, 3.8) is 0 Å². The van der Waals surface area contributed by atoms with Crippen LogP contribution in [0.3, 0.4) is 0 Å². The van der Waals surface area contributed by atoms with E-state index >= 15 is 0 Å². The maximum absolute atomic E-state index is 13.4. The number of rotatable bonds is 11. The largest absolute Gasteiger partial charge is 0.433 e. The van der Waals surface area contributed by atoms with Crippen LogP contribution in [0.2, 0.25) is 0 Å². The van der Waals surface area contributed by atoms with Crippen molar-refractivity contribution in [1.82, 2.24) is 14.9 Å². The molecule has 0 spiro atoms. The van der Waals surface area contributed by atoms with Gasteiger partial charge in [-0.1, -0.05) is 6.08 Å². The first-order valence-corrected chi connectivity index (χ1v) is 13.9. The van der Waals surface area contributed by atoms with E-state index in [2.05, 4.69) is 37.4 Å². The molecule has 1 aliphatic heterocycles. The number of thiophene rings is 1. The SMILES string of the molecule is C=CC.CNc1ccsc1C(=N)c1ccnc(Nc2cc(NC=O)c(N3CCC(N(C)C)CC3)cc2OC(F)F)n1. The number of benzene rings is 1. The highest BCUT2D eigenvalue weighted by atomic mass is 32.1. The highest BCUT2D eigenvalue weighted by Gasteiger charge is 2.25. The fourth-order valence-electron chi connectivity index (χ4n) is 4.42. The number of anilines is 5. The number of hydrogen-bond acceptors (Lipinski definition) is 10. The van der Waals surface area contributed by atoms with Crippen LogP contribution in [0.1, 0.15) is 30.3 Å². The second-order valence-corrected chi connectivity index (χ2v) is 10.2. The van der Waals surface area contributed by atoms with Gasteiger partial charge in [-0.15, -0.1) is 17.9 Å². The molecule has 0 saturated carbocycles. The fourth-order valence-corrected chi connectivity index (χ4v) is 5.28. The second kappa shape index (κ2) is 15.1. The van der Waals surface area contributed by atoms with Crippen molar-refractivity contribution in [3.8, 4) is 5.75 Å². The number of nitrogens with one attached hydrogen (secondary N) is 4. The van der Waals surface area contributed by atoms with Crippen LogP contribution in [-0.4, -0.2) is 73.9 Å². The molecule has 10 nitrogen and oxygen atoms in total. The van der Waals surface area contributed by atoms with Crippen molar-refractivity contribution >= 4 is 52.2 Å². The molecule has 4 rings (SSSR count). The second-order valence-electron chi connectivity index (χ2n) is 9.28. The summed E-state index contributed by atoms with van der Waals surface area (Å²) in [5.74, 6) is -0.0217. The normalized spacial score (nSPS) is 13.3. The van der Waals surface area contributed by atoms with E-state index in [4.69, 9.17) is 10.1 Å². The predicted molar refractivity (Wildman–Crippen MR) is 163 cm³/mol. The van der Waals surface area contributed by atoms with Gasteiger partial charge in [0.2, 0.25) is 12.4 Å². The van der Waals surface area contributed by atoms with Crippen molar-refractivity contribution in [1.29, 1.82) is 5.41 Å². The van der Waals surface area contributed by atoms with Crippen LogP contribution in [0.4, 0.5) is 37.5 Å². The molecule has 1 amide bonds. The van der Waals surface area contributed by atoms with Gasteiger partial charge in [-0.25, -0.2) is 9.97 Å². The summed E-state index contributed by atoms with van der Waals surface area (Å²) in [6, 6.07) is 6.91. The summed E-state index contributed by atoms with van der Waals surface area (Å²) >= 11 is 1.40. The van der Waals surface area contributed by atoms with Crippen LogP contribution in [0, 0.1) is 5.41 Å². The Morgan fingerprint density at radius 1 is 1.24 bits per heavy atom. The van der Waals surface area contributed by atoms with Gasteiger partial charge in [-0.2, -0.15) is 8.78 Å². The number of halogens is 2. The summed E-state index contributed by atoms with van der Waals surface area (Å²) in [6.45, 7) is 3.58. The lowest BCUT2D eigenvalue weighted by Crippen LogP contribution is -2.42. The van der Waals surface area contributed by atoms with Crippen molar-refractivity contribution in [2.45, 2.75) is 32.4 Å². The minimum Gasteiger partial charge on any atom is -0.433 e. The average Bonchev–Trinajstić information content (AvgIpc) is 3.43. The molecule has 220 valence electrons. The third-order valence-corrected chi connectivity index (χ3v) is 7.32. The molecular weight excluding hydrogens is 550 g/mol. The average molecular weight is 587 g/mol. The number of piperidine rings is 1. The molecule has 0 radical (unpaired) electrons. The van der Waals surface area contributed by atoms with Gasteiger partial charge >= 0.3 is 6.61 Å². The quantitative estimate of drug-likeness (QED) is 0.130. The van der Waals surface area contributed by atoms with Gasteiger partial charge in [0.15, 0.2) is 5.75 Å². The standard InChI is InChI=1S/C25H30F2N8O2S.C3H6/c1-29-17-7-11-38-23(17)22(28)16-4-8-30-25(32-16)33-19-12-18(31-14-36)20(13-21(19)37-24(26)27)35-9-5-15(6-10-35)34(2)3;1-3-2/h4,7-8,11-15,24,28-29H,5-6,9-10H2,1-3H3,(H,31,36)(H,30,32,33);3H,1H2,2H3. The number of carbonyl (C=O) groups excluding carboxylic acids is 1. The topological polar surface area (TPSA) is 118 Å². The molecule has 0 atom stereocenters. The molecule has 4 N–H and O–H groups in total. The van der Waals surface area contributed by atoms with Gasteiger partial charge in [0.1, 0.15) is 0 Å². The number of amides is 1. The summed E-state index contributed by atoms with van der Waals surface area (Å²) in [5, 5.41) is 19.1. The Morgan fingerprint density at radius 3 is 2.56 bits per heavy atom. The van der Waals surface area contributed by atoms with Gasteiger partial charge in [0.05, 0.1) is 39.0 Å². The van der Waals surface area contributed by atoms with E-state index < -0.39 is 6.61 Å². The Kier molecular flexibility index (Phi) is 11.5. The number of nitrogens with zero attached hydrogens (tertiary/aromatic N) is 4. The Balaban J connectivity index is 0.00000147. The van der Waals surface area contributed by atoms with Crippen LogP contribution >= 0.6 is 11.3 Å². The summed E-state index contributed by atoms with van der Waals surface area (Å²) in [7, 11) is 5.84. The van der Waals surface area contributed by atoms with E-state index in [0.29, 0.717) is 47.5 Å². The molecule has 1 fully saturated rings. The summed E-state index contributed by atoms with van der Waals surface area (Å²) in [4.78, 5) is 24.9. The zero-order valence-electron chi connectivity index (χ0n) is 23.6. The van der Waals surface area contributed by atoms with Gasteiger partial charge in [0, 0.05) is 38.4 Å². The lowest BCUT2D eigenvalue weighted by molar-refractivity contribution is -0.105. The Bertz CT molecular complexity index is 1330. The van der Waals surface area contributed by atoms with Crippen molar-refractivity contribution in [2.75, 3.05) is 55.1 Å². The molecule has 3 aromatic rings. The molecular formula is C28H36F2N8O2S. The molecule has 0 bridgehead atoms. The Hall–Kier alpha value is -4.10. The molecule has 3 heterocycles. The number of carbonyl (C=O) groups is 1.